The highest BCUT2D eigenvalue weighted by Crippen LogP contribution is 2.07. The highest BCUT2D eigenvalue weighted by Gasteiger charge is 2.08. The second-order valence-electron chi connectivity index (χ2n) is 3.45. The van der Waals surface area contributed by atoms with Crippen molar-refractivity contribution in [3.05, 3.63) is 35.4 Å². The van der Waals surface area contributed by atoms with E-state index in [2.05, 4.69) is 0 Å². The number of rotatable bonds is 4. The van der Waals surface area contributed by atoms with E-state index in [0.717, 1.165) is 5.56 Å². The summed E-state index contributed by atoms with van der Waals surface area (Å²) < 4.78 is 0. The molecule has 0 fully saturated rings. The Morgan fingerprint density at radius 3 is 2.69 bits per heavy atom. The lowest BCUT2D eigenvalue weighted by Crippen LogP contribution is -2.27. The van der Waals surface area contributed by atoms with Crippen LogP contribution in [0.1, 0.15) is 15.9 Å². The molecule has 2 N–H and O–H groups in total. The van der Waals surface area contributed by atoms with Gasteiger partial charge in [-0.1, -0.05) is 12.1 Å². The van der Waals surface area contributed by atoms with Crippen LogP contribution in [0, 0.1) is 0 Å². The number of carbonyl (C=O) groups is 2. The van der Waals surface area contributed by atoms with Gasteiger partial charge >= 0.3 is 0 Å². The van der Waals surface area contributed by atoms with Crippen molar-refractivity contribution >= 4 is 23.4 Å². The summed E-state index contributed by atoms with van der Waals surface area (Å²) in [5, 5.41) is 0. The summed E-state index contributed by atoms with van der Waals surface area (Å²) in [5.41, 5.74) is 6.44. The fourth-order valence-electron chi connectivity index (χ4n) is 1.29. The Morgan fingerprint density at radius 1 is 1.44 bits per heavy atom. The van der Waals surface area contributed by atoms with Gasteiger partial charge in [-0.25, -0.2) is 0 Å². The van der Waals surface area contributed by atoms with Crippen LogP contribution in [0.4, 0.5) is 0 Å². The number of alkyl halides is 1. The predicted molar refractivity (Wildman–Crippen MR) is 62.2 cm³/mol. The Kier molecular flexibility index (Phi) is 4.31. The minimum atomic E-state index is -0.479. The summed E-state index contributed by atoms with van der Waals surface area (Å²) in [6.07, 6.45) is 0. The molecule has 0 aliphatic rings. The Morgan fingerprint density at radius 2 is 2.12 bits per heavy atom. The van der Waals surface area contributed by atoms with Gasteiger partial charge in [-0.15, -0.1) is 11.6 Å². The van der Waals surface area contributed by atoms with Gasteiger partial charge in [0.15, 0.2) is 0 Å². The van der Waals surface area contributed by atoms with Crippen molar-refractivity contribution in [3.63, 3.8) is 0 Å². The molecular weight excluding hydrogens is 228 g/mol. The van der Waals surface area contributed by atoms with Gasteiger partial charge in [-0.2, -0.15) is 0 Å². The summed E-state index contributed by atoms with van der Waals surface area (Å²) in [4.78, 5) is 23.7. The Bertz CT molecular complexity index is 407. The van der Waals surface area contributed by atoms with Crippen LogP contribution < -0.4 is 5.73 Å². The van der Waals surface area contributed by atoms with Crippen LogP contribution in [0.3, 0.4) is 0 Å². The molecular formula is C11H13ClN2O2. The lowest BCUT2D eigenvalue weighted by atomic mass is 10.1. The summed E-state index contributed by atoms with van der Waals surface area (Å²) in [6, 6.07) is 6.86. The van der Waals surface area contributed by atoms with E-state index < -0.39 is 5.91 Å². The zero-order chi connectivity index (χ0) is 12.1. The molecule has 1 aromatic rings. The van der Waals surface area contributed by atoms with Gasteiger partial charge in [0.1, 0.15) is 5.88 Å². The van der Waals surface area contributed by atoms with Crippen LogP contribution in [0.2, 0.25) is 0 Å². The molecule has 1 aromatic carbocycles. The molecule has 0 aromatic heterocycles. The highest BCUT2D eigenvalue weighted by atomic mass is 35.5. The lowest BCUT2D eigenvalue weighted by Gasteiger charge is -2.15. The second kappa shape index (κ2) is 5.51. The van der Waals surface area contributed by atoms with Gasteiger partial charge in [0.25, 0.3) is 0 Å². The molecule has 0 saturated heterocycles. The van der Waals surface area contributed by atoms with Gasteiger partial charge in [0.05, 0.1) is 0 Å². The van der Waals surface area contributed by atoms with Gasteiger partial charge in [-0.3, -0.25) is 9.59 Å². The Hall–Kier alpha value is -1.55. The fourth-order valence-corrected chi connectivity index (χ4v) is 1.49. The summed E-state index contributed by atoms with van der Waals surface area (Å²) in [5.74, 6) is -0.689. The predicted octanol–water partition coefficient (Wildman–Crippen LogP) is 0.983. The third-order valence-corrected chi connectivity index (χ3v) is 2.40. The molecule has 0 aliphatic heterocycles. The van der Waals surface area contributed by atoms with Gasteiger partial charge in [0, 0.05) is 19.2 Å². The van der Waals surface area contributed by atoms with Crippen molar-refractivity contribution < 1.29 is 9.59 Å². The fraction of sp³-hybridized carbons (Fsp3) is 0.273. The van der Waals surface area contributed by atoms with Crippen molar-refractivity contribution in [2.45, 2.75) is 6.54 Å². The van der Waals surface area contributed by atoms with E-state index in [0.29, 0.717) is 12.1 Å². The minimum absolute atomic E-state index is 0.0496. The molecule has 0 aliphatic carbocycles. The van der Waals surface area contributed by atoms with Crippen LogP contribution in [0.25, 0.3) is 0 Å². The monoisotopic (exact) mass is 240 g/mol. The molecule has 0 unspecified atom stereocenters. The van der Waals surface area contributed by atoms with Crippen molar-refractivity contribution in [1.29, 1.82) is 0 Å². The third-order valence-electron chi connectivity index (χ3n) is 2.17. The number of benzene rings is 1. The lowest BCUT2D eigenvalue weighted by molar-refractivity contribution is -0.127. The van der Waals surface area contributed by atoms with E-state index in [1.165, 1.54) is 4.90 Å². The first-order valence-corrected chi connectivity index (χ1v) is 5.26. The molecule has 86 valence electrons. The van der Waals surface area contributed by atoms with E-state index >= 15 is 0 Å². The standard InChI is InChI=1S/C11H13ClN2O2/c1-14(10(15)6-12)7-8-3-2-4-9(5-8)11(13)16/h2-5H,6-7H2,1H3,(H2,13,16). The minimum Gasteiger partial charge on any atom is -0.366 e. The van der Waals surface area contributed by atoms with Crippen molar-refractivity contribution in [2.24, 2.45) is 5.73 Å². The van der Waals surface area contributed by atoms with Gasteiger partial charge in [-0.05, 0) is 17.7 Å². The van der Waals surface area contributed by atoms with E-state index in [-0.39, 0.29) is 11.8 Å². The van der Waals surface area contributed by atoms with Crippen LogP contribution in [-0.2, 0) is 11.3 Å². The first-order valence-electron chi connectivity index (χ1n) is 4.73. The molecule has 16 heavy (non-hydrogen) atoms. The van der Waals surface area contributed by atoms with Crippen LogP contribution in [0.15, 0.2) is 24.3 Å². The highest BCUT2D eigenvalue weighted by molar-refractivity contribution is 6.27. The molecule has 0 radical (unpaired) electrons. The molecule has 2 amide bonds. The molecule has 0 bridgehead atoms. The second-order valence-corrected chi connectivity index (χ2v) is 3.72. The maximum atomic E-state index is 11.2. The van der Waals surface area contributed by atoms with Crippen molar-refractivity contribution in [2.75, 3.05) is 12.9 Å². The first-order chi connectivity index (χ1) is 7.54. The summed E-state index contributed by atoms with van der Waals surface area (Å²) >= 11 is 5.43. The average Bonchev–Trinajstić information content (AvgIpc) is 2.28. The van der Waals surface area contributed by atoms with Gasteiger partial charge < -0.3 is 10.6 Å². The molecule has 0 heterocycles. The quantitative estimate of drug-likeness (QED) is 0.798. The van der Waals surface area contributed by atoms with Crippen LogP contribution in [0.5, 0.6) is 0 Å². The number of hydrogen-bond donors (Lipinski definition) is 1. The smallest absolute Gasteiger partial charge is 0.248 e. The first kappa shape index (κ1) is 12.5. The normalized spacial score (nSPS) is 9.88. The number of nitrogens with zero attached hydrogens (tertiary/aromatic N) is 1. The maximum Gasteiger partial charge on any atom is 0.248 e. The number of amides is 2. The largest absolute Gasteiger partial charge is 0.366 e. The van der Waals surface area contributed by atoms with Crippen LogP contribution >= 0.6 is 11.6 Å². The maximum absolute atomic E-state index is 11.2. The number of hydrogen-bond acceptors (Lipinski definition) is 2. The zero-order valence-corrected chi connectivity index (χ0v) is 9.70. The average molecular weight is 241 g/mol. The number of primary amides is 1. The molecule has 0 saturated carbocycles. The topological polar surface area (TPSA) is 63.4 Å². The van der Waals surface area contributed by atoms with Crippen LogP contribution in [-0.4, -0.2) is 29.6 Å². The Balaban J connectivity index is 2.78. The molecule has 1 rings (SSSR count). The van der Waals surface area contributed by atoms with E-state index in [1.54, 1.807) is 25.2 Å². The summed E-state index contributed by atoms with van der Waals surface area (Å²) in [6.45, 7) is 0.409. The molecule has 5 heteroatoms. The Labute approximate surface area is 99.0 Å². The number of halogens is 1. The number of nitrogens with two attached hydrogens (primary N) is 1. The molecule has 4 nitrogen and oxygen atoms in total. The SMILES string of the molecule is CN(Cc1cccc(C(N)=O)c1)C(=O)CCl. The van der Waals surface area contributed by atoms with E-state index in [4.69, 9.17) is 17.3 Å². The van der Waals surface area contributed by atoms with Crippen molar-refractivity contribution in [1.82, 2.24) is 4.90 Å². The van der Waals surface area contributed by atoms with E-state index in [1.807, 2.05) is 6.07 Å². The zero-order valence-electron chi connectivity index (χ0n) is 8.94. The third kappa shape index (κ3) is 3.24. The summed E-state index contributed by atoms with van der Waals surface area (Å²) in [7, 11) is 1.65. The molecule has 0 atom stereocenters. The van der Waals surface area contributed by atoms with Gasteiger partial charge in [0.2, 0.25) is 11.8 Å². The van der Waals surface area contributed by atoms with Crippen molar-refractivity contribution in [3.8, 4) is 0 Å². The number of carbonyl (C=O) groups excluding carboxylic acids is 2. The molecule has 0 spiro atoms. The van der Waals surface area contributed by atoms with E-state index in [9.17, 15) is 9.59 Å².